The number of sulfone groups is 1. The number of amides is 1. The predicted octanol–water partition coefficient (Wildman–Crippen LogP) is 0.791. The minimum Gasteiger partial charge on any atom is -0.481 e. The number of aliphatic carboxylic acids is 1. The lowest BCUT2D eigenvalue weighted by Gasteiger charge is -2.19. The molecule has 0 spiro atoms. The fourth-order valence-electron chi connectivity index (χ4n) is 1.17. The van der Waals surface area contributed by atoms with Crippen molar-refractivity contribution in [3.63, 3.8) is 0 Å². The van der Waals surface area contributed by atoms with Gasteiger partial charge in [0.15, 0.2) is 9.84 Å². The van der Waals surface area contributed by atoms with Crippen LogP contribution in [0.5, 0.6) is 0 Å². The van der Waals surface area contributed by atoms with Crippen LogP contribution in [0.4, 0.5) is 4.79 Å². The van der Waals surface area contributed by atoms with Crippen LogP contribution in [-0.2, 0) is 19.4 Å². The first-order chi connectivity index (χ1) is 8.52. The Morgan fingerprint density at radius 1 is 1.21 bits per heavy atom. The average Bonchev–Trinajstić information content (AvgIpc) is 2.12. The molecule has 0 aliphatic heterocycles. The summed E-state index contributed by atoms with van der Waals surface area (Å²) in [6.07, 6.45) is -0.781. The Morgan fingerprint density at radius 3 is 2.26 bits per heavy atom. The second kappa shape index (κ2) is 7.32. The maximum absolute atomic E-state index is 11.5. The number of carboxylic acid groups (broad SMARTS) is 1. The summed E-state index contributed by atoms with van der Waals surface area (Å²) in [5, 5.41) is 10.7. The van der Waals surface area contributed by atoms with Crippen molar-refractivity contribution in [2.75, 3.05) is 18.1 Å². The number of nitrogens with one attached hydrogen (secondary N) is 1. The number of hydrogen-bond acceptors (Lipinski definition) is 5. The molecule has 7 nitrogen and oxygen atoms in total. The van der Waals surface area contributed by atoms with Crippen LogP contribution in [0, 0.1) is 0 Å². The number of ether oxygens (including phenoxy) is 1. The van der Waals surface area contributed by atoms with Crippen LogP contribution in [-0.4, -0.2) is 49.2 Å². The number of rotatable bonds is 7. The van der Waals surface area contributed by atoms with Crippen molar-refractivity contribution in [2.45, 2.75) is 39.2 Å². The lowest BCUT2D eigenvalue weighted by molar-refractivity contribution is -0.137. The maximum Gasteiger partial charge on any atom is 0.407 e. The van der Waals surface area contributed by atoms with Crippen molar-refractivity contribution in [1.29, 1.82) is 0 Å². The summed E-state index contributed by atoms with van der Waals surface area (Å²) in [5.41, 5.74) is -0.634. The molecule has 0 heterocycles. The van der Waals surface area contributed by atoms with Crippen LogP contribution < -0.4 is 5.32 Å². The molecule has 0 radical (unpaired) electrons. The van der Waals surface area contributed by atoms with Crippen LogP contribution in [0.15, 0.2) is 0 Å². The summed E-state index contributed by atoms with van der Waals surface area (Å²) in [7, 11) is -3.35. The smallest absolute Gasteiger partial charge is 0.407 e. The highest BCUT2D eigenvalue weighted by Crippen LogP contribution is 2.06. The Hall–Kier alpha value is -1.31. The van der Waals surface area contributed by atoms with Gasteiger partial charge in [-0.25, -0.2) is 13.2 Å². The Labute approximate surface area is 113 Å². The number of carbonyl (C=O) groups is 2. The van der Waals surface area contributed by atoms with E-state index in [-0.39, 0.29) is 30.9 Å². The number of hydrogen-bond donors (Lipinski definition) is 2. The molecular weight excluding hydrogens is 274 g/mol. The molecular formula is C11H21NO6S. The van der Waals surface area contributed by atoms with Crippen molar-refractivity contribution in [2.24, 2.45) is 0 Å². The number of carbonyl (C=O) groups excluding carboxylic acids is 1. The lowest BCUT2D eigenvalue weighted by atomic mass is 10.2. The first kappa shape index (κ1) is 17.7. The highest BCUT2D eigenvalue weighted by Gasteiger charge is 2.17. The summed E-state index contributed by atoms with van der Waals surface area (Å²) >= 11 is 0. The van der Waals surface area contributed by atoms with E-state index in [2.05, 4.69) is 5.32 Å². The first-order valence-corrected chi connectivity index (χ1v) is 7.73. The zero-order chi connectivity index (χ0) is 15.1. The maximum atomic E-state index is 11.5. The van der Waals surface area contributed by atoms with Gasteiger partial charge in [-0.1, -0.05) is 0 Å². The quantitative estimate of drug-likeness (QED) is 0.718. The molecule has 0 rings (SSSR count). The van der Waals surface area contributed by atoms with Crippen LogP contribution in [0.3, 0.4) is 0 Å². The van der Waals surface area contributed by atoms with Gasteiger partial charge < -0.3 is 15.2 Å². The number of alkyl carbamates (subject to hydrolysis) is 1. The summed E-state index contributed by atoms with van der Waals surface area (Å²) in [4.78, 5) is 21.5. The molecule has 0 aliphatic carbocycles. The molecule has 0 fully saturated rings. The third-order valence-corrected chi connectivity index (χ3v) is 3.66. The molecule has 0 bridgehead atoms. The molecule has 0 aliphatic rings. The van der Waals surface area contributed by atoms with Crippen molar-refractivity contribution in [1.82, 2.24) is 5.32 Å². The van der Waals surface area contributed by atoms with Gasteiger partial charge in [0.05, 0.1) is 11.5 Å². The second-order valence-corrected chi connectivity index (χ2v) is 7.38. The molecule has 0 aromatic rings. The molecule has 19 heavy (non-hydrogen) atoms. The fraction of sp³-hybridized carbons (Fsp3) is 0.818. The lowest BCUT2D eigenvalue weighted by Crippen LogP contribution is -2.35. The van der Waals surface area contributed by atoms with E-state index in [1.165, 1.54) is 0 Å². The zero-order valence-corrected chi connectivity index (χ0v) is 12.2. The van der Waals surface area contributed by atoms with E-state index in [4.69, 9.17) is 9.84 Å². The molecule has 0 aromatic heterocycles. The SMILES string of the molecule is CC(C)(C)OC(=O)NCCS(=O)(=O)CCCC(=O)O. The average molecular weight is 295 g/mol. The van der Waals surface area contributed by atoms with Gasteiger partial charge in [-0.05, 0) is 27.2 Å². The predicted molar refractivity (Wildman–Crippen MR) is 69.8 cm³/mol. The largest absolute Gasteiger partial charge is 0.481 e. The topological polar surface area (TPSA) is 110 Å². The molecule has 8 heteroatoms. The van der Waals surface area contributed by atoms with Crippen molar-refractivity contribution in [3.8, 4) is 0 Å². The zero-order valence-electron chi connectivity index (χ0n) is 11.4. The van der Waals surface area contributed by atoms with Crippen LogP contribution >= 0.6 is 0 Å². The van der Waals surface area contributed by atoms with Gasteiger partial charge in [-0.3, -0.25) is 4.79 Å². The van der Waals surface area contributed by atoms with E-state index in [9.17, 15) is 18.0 Å². The Kier molecular flexibility index (Phi) is 6.82. The summed E-state index contributed by atoms with van der Waals surface area (Å²) in [6.45, 7) is 5.06. The van der Waals surface area contributed by atoms with E-state index in [0.29, 0.717) is 0 Å². The summed E-state index contributed by atoms with van der Waals surface area (Å²) in [5.74, 6) is -1.46. The third-order valence-electron chi connectivity index (χ3n) is 1.93. The van der Waals surface area contributed by atoms with Crippen molar-refractivity contribution < 1.29 is 27.9 Å². The van der Waals surface area contributed by atoms with Crippen molar-refractivity contribution >= 4 is 21.9 Å². The van der Waals surface area contributed by atoms with Gasteiger partial charge >= 0.3 is 12.1 Å². The minimum absolute atomic E-state index is 0.0513. The van der Waals surface area contributed by atoms with E-state index in [1.807, 2.05) is 0 Å². The molecule has 0 aromatic carbocycles. The monoisotopic (exact) mass is 295 g/mol. The van der Waals surface area contributed by atoms with E-state index in [1.54, 1.807) is 20.8 Å². The molecule has 112 valence electrons. The Morgan fingerprint density at radius 2 is 1.79 bits per heavy atom. The van der Waals surface area contributed by atoms with Gasteiger partial charge in [0, 0.05) is 13.0 Å². The van der Waals surface area contributed by atoms with Crippen LogP contribution in [0.2, 0.25) is 0 Å². The standard InChI is InChI=1S/C11H21NO6S/c1-11(2,3)18-10(15)12-6-8-19(16,17)7-4-5-9(13)14/h4-8H2,1-3H3,(H,12,15)(H,13,14). The number of carboxylic acids is 1. The van der Waals surface area contributed by atoms with Gasteiger partial charge in [-0.2, -0.15) is 0 Å². The van der Waals surface area contributed by atoms with Crippen LogP contribution in [0.1, 0.15) is 33.6 Å². The Bertz CT molecular complexity index is 409. The van der Waals surface area contributed by atoms with Crippen LogP contribution in [0.25, 0.3) is 0 Å². The fourth-order valence-corrected chi connectivity index (χ4v) is 2.37. The highest BCUT2D eigenvalue weighted by atomic mass is 32.2. The van der Waals surface area contributed by atoms with Gasteiger partial charge in [0.25, 0.3) is 0 Å². The second-order valence-electron chi connectivity index (χ2n) is 5.08. The highest BCUT2D eigenvalue weighted by molar-refractivity contribution is 7.91. The van der Waals surface area contributed by atoms with E-state index >= 15 is 0 Å². The first-order valence-electron chi connectivity index (χ1n) is 5.91. The molecule has 0 unspecified atom stereocenters. The summed E-state index contributed by atoms with van der Waals surface area (Å²) in [6, 6.07) is 0. The van der Waals surface area contributed by atoms with Gasteiger partial charge in [0.1, 0.15) is 5.60 Å². The molecule has 0 atom stereocenters. The molecule has 1 amide bonds. The van der Waals surface area contributed by atoms with E-state index < -0.39 is 27.5 Å². The van der Waals surface area contributed by atoms with Gasteiger partial charge in [-0.15, -0.1) is 0 Å². The van der Waals surface area contributed by atoms with Crippen molar-refractivity contribution in [3.05, 3.63) is 0 Å². The normalized spacial score (nSPS) is 11.9. The Balaban J connectivity index is 3.92. The molecule has 2 N–H and O–H groups in total. The third kappa shape index (κ3) is 11.5. The summed E-state index contributed by atoms with van der Waals surface area (Å²) < 4.78 is 27.9. The molecule has 0 saturated heterocycles. The van der Waals surface area contributed by atoms with E-state index in [0.717, 1.165) is 0 Å². The minimum atomic E-state index is -3.35. The molecule has 0 saturated carbocycles. The van der Waals surface area contributed by atoms with Gasteiger partial charge in [0.2, 0.25) is 0 Å².